The summed E-state index contributed by atoms with van der Waals surface area (Å²) in [6, 6.07) is 1.62. The highest BCUT2D eigenvalue weighted by molar-refractivity contribution is 8.02. The van der Waals surface area contributed by atoms with Gasteiger partial charge in [-0.3, -0.25) is 0 Å². The number of nitrogens with zero attached hydrogens (tertiary/aromatic N) is 1. The van der Waals surface area contributed by atoms with Gasteiger partial charge in [-0.2, -0.15) is 5.26 Å². The molecule has 0 spiro atoms. The van der Waals surface area contributed by atoms with Crippen LogP contribution in [-0.2, 0) is 4.79 Å². The highest BCUT2D eigenvalue weighted by atomic mass is 32.2. The maximum atomic E-state index is 10.5. The smallest absolute Gasteiger partial charge is 0.349 e. The van der Waals surface area contributed by atoms with Gasteiger partial charge in [-0.25, -0.2) is 4.79 Å². The van der Waals surface area contributed by atoms with Crippen LogP contribution in [0.25, 0.3) is 0 Å². The highest BCUT2D eigenvalue weighted by Crippen LogP contribution is 2.13. The SMILES string of the molecule is C=CCNC(SC)=C(C#N)C(=O)O. The first-order chi connectivity index (χ1) is 6.17. The average molecular weight is 198 g/mol. The molecule has 4 nitrogen and oxygen atoms in total. The van der Waals surface area contributed by atoms with E-state index < -0.39 is 5.97 Å². The van der Waals surface area contributed by atoms with E-state index in [0.29, 0.717) is 11.6 Å². The molecule has 0 amide bonds. The maximum Gasteiger partial charge on any atom is 0.349 e. The van der Waals surface area contributed by atoms with Crippen molar-refractivity contribution in [2.45, 2.75) is 0 Å². The van der Waals surface area contributed by atoms with Gasteiger partial charge < -0.3 is 10.4 Å². The van der Waals surface area contributed by atoms with Crippen LogP contribution in [0, 0.1) is 11.3 Å². The summed E-state index contributed by atoms with van der Waals surface area (Å²) >= 11 is 1.19. The molecule has 0 aromatic heterocycles. The Labute approximate surface area is 80.9 Å². The summed E-state index contributed by atoms with van der Waals surface area (Å²) < 4.78 is 0. The molecule has 0 radical (unpaired) electrons. The van der Waals surface area contributed by atoms with Gasteiger partial charge in [0.05, 0.1) is 5.03 Å². The average Bonchev–Trinajstić information content (AvgIpc) is 2.11. The molecule has 0 rings (SSSR count). The number of aliphatic carboxylic acids is 1. The van der Waals surface area contributed by atoms with Gasteiger partial charge in [-0.1, -0.05) is 6.08 Å². The van der Waals surface area contributed by atoms with Crippen molar-refractivity contribution in [3.63, 3.8) is 0 Å². The minimum Gasteiger partial charge on any atom is -0.477 e. The lowest BCUT2D eigenvalue weighted by atomic mass is 10.3. The molecular formula is C8H10N2O2S. The highest BCUT2D eigenvalue weighted by Gasteiger charge is 2.12. The Hall–Kier alpha value is -1.41. The normalized spacial score (nSPS) is 11.1. The molecule has 0 aliphatic rings. The molecule has 2 N–H and O–H groups in total. The largest absolute Gasteiger partial charge is 0.477 e. The molecule has 0 bridgehead atoms. The molecule has 0 saturated heterocycles. The number of rotatable bonds is 5. The van der Waals surface area contributed by atoms with Gasteiger partial charge in [0.25, 0.3) is 0 Å². The Morgan fingerprint density at radius 2 is 2.46 bits per heavy atom. The van der Waals surface area contributed by atoms with Crippen LogP contribution in [0.1, 0.15) is 0 Å². The first kappa shape index (κ1) is 11.6. The topological polar surface area (TPSA) is 73.1 Å². The summed E-state index contributed by atoms with van der Waals surface area (Å²) in [6.45, 7) is 3.91. The van der Waals surface area contributed by atoms with Crippen LogP contribution >= 0.6 is 11.8 Å². The third-order valence-electron chi connectivity index (χ3n) is 1.16. The number of carboxylic acid groups (broad SMARTS) is 1. The molecule has 0 fully saturated rings. The molecule has 5 heteroatoms. The summed E-state index contributed by atoms with van der Waals surface area (Å²) in [7, 11) is 0. The third-order valence-corrected chi connectivity index (χ3v) is 1.92. The van der Waals surface area contributed by atoms with Crippen molar-refractivity contribution in [1.82, 2.24) is 5.32 Å². The number of nitriles is 1. The molecule has 0 saturated carbocycles. The van der Waals surface area contributed by atoms with Crippen molar-refractivity contribution in [2.75, 3.05) is 12.8 Å². The Morgan fingerprint density at radius 1 is 1.85 bits per heavy atom. The van der Waals surface area contributed by atoms with E-state index in [-0.39, 0.29) is 5.57 Å². The fraction of sp³-hybridized carbons (Fsp3) is 0.250. The second-order valence-electron chi connectivity index (χ2n) is 1.99. The van der Waals surface area contributed by atoms with Crippen LogP contribution in [0.5, 0.6) is 0 Å². The van der Waals surface area contributed by atoms with Crippen LogP contribution in [0.3, 0.4) is 0 Å². The molecule has 0 heterocycles. The fourth-order valence-corrected chi connectivity index (χ4v) is 1.19. The Kier molecular flexibility index (Phi) is 5.48. The Balaban J connectivity index is 4.74. The molecule has 0 unspecified atom stereocenters. The Bertz CT molecular complexity index is 278. The lowest BCUT2D eigenvalue weighted by Crippen LogP contribution is -2.15. The van der Waals surface area contributed by atoms with Crippen LogP contribution in [-0.4, -0.2) is 23.9 Å². The zero-order valence-corrected chi connectivity index (χ0v) is 8.02. The van der Waals surface area contributed by atoms with Gasteiger partial charge in [-0.15, -0.1) is 18.3 Å². The van der Waals surface area contributed by atoms with Gasteiger partial charge in [0.2, 0.25) is 0 Å². The molecule has 0 aromatic rings. The number of hydrogen-bond acceptors (Lipinski definition) is 4. The van der Waals surface area contributed by atoms with Crippen molar-refractivity contribution in [3.8, 4) is 6.07 Å². The van der Waals surface area contributed by atoms with E-state index in [9.17, 15) is 4.79 Å². The number of nitrogens with one attached hydrogen (secondary N) is 1. The van der Waals surface area contributed by atoms with E-state index >= 15 is 0 Å². The van der Waals surface area contributed by atoms with Crippen molar-refractivity contribution < 1.29 is 9.90 Å². The number of carbonyl (C=O) groups is 1. The second kappa shape index (κ2) is 6.14. The first-order valence-electron chi connectivity index (χ1n) is 3.43. The van der Waals surface area contributed by atoms with E-state index in [2.05, 4.69) is 11.9 Å². The zero-order chi connectivity index (χ0) is 10.3. The van der Waals surface area contributed by atoms with Crippen molar-refractivity contribution >= 4 is 17.7 Å². The molecule has 70 valence electrons. The van der Waals surface area contributed by atoms with Crippen LogP contribution in [0.2, 0.25) is 0 Å². The Morgan fingerprint density at radius 3 is 2.77 bits per heavy atom. The molecule has 0 aliphatic heterocycles. The summed E-state index contributed by atoms with van der Waals surface area (Å²) in [5, 5.41) is 20.3. The third kappa shape index (κ3) is 3.67. The first-order valence-corrected chi connectivity index (χ1v) is 4.66. The van der Waals surface area contributed by atoms with Gasteiger partial charge in [-0.05, 0) is 6.26 Å². The summed E-state index contributed by atoms with van der Waals surface area (Å²) in [4.78, 5) is 10.5. The monoisotopic (exact) mass is 198 g/mol. The molecule has 0 aliphatic carbocycles. The molecular weight excluding hydrogens is 188 g/mol. The lowest BCUT2D eigenvalue weighted by Gasteiger charge is -2.05. The van der Waals surface area contributed by atoms with E-state index in [0.717, 1.165) is 0 Å². The predicted molar refractivity (Wildman–Crippen MR) is 52.0 cm³/mol. The second-order valence-corrected chi connectivity index (χ2v) is 2.81. The fourth-order valence-electron chi connectivity index (χ4n) is 0.623. The van der Waals surface area contributed by atoms with Crippen LogP contribution in [0.4, 0.5) is 0 Å². The van der Waals surface area contributed by atoms with Crippen LogP contribution < -0.4 is 5.32 Å². The van der Waals surface area contributed by atoms with Gasteiger partial charge in [0, 0.05) is 6.54 Å². The number of hydrogen-bond donors (Lipinski definition) is 2. The molecule has 0 atom stereocenters. The van der Waals surface area contributed by atoms with Crippen LogP contribution in [0.15, 0.2) is 23.3 Å². The lowest BCUT2D eigenvalue weighted by molar-refractivity contribution is -0.132. The van der Waals surface area contributed by atoms with E-state index in [1.807, 2.05) is 0 Å². The van der Waals surface area contributed by atoms with Gasteiger partial charge in [0.1, 0.15) is 6.07 Å². The minimum atomic E-state index is -1.22. The predicted octanol–water partition coefficient (Wildman–Crippen LogP) is 0.945. The number of thioether (sulfide) groups is 1. The van der Waals surface area contributed by atoms with E-state index in [1.54, 1.807) is 18.4 Å². The number of carboxylic acids is 1. The molecule has 13 heavy (non-hydrogen) atoms. The summed E-state index contributed by atoms with van der Waals surface area (Å²) in [6.07, 6.45) is 3.29. The van der Waals surface area contributed by atoms with E-state index in [1.165, 1.54) is 11.8 Å². The summed E-state index contributed by atoms with van der Waals surface area (Å²) in [5.74, 6) is -1.22. The van der Waals surface area contributed by atoms with Crippen molar-refractivity contribution in [3.05, 3.63) is 23.3 Å². The van der Waals surface area contributed by atoms with E-state index in [4.69, 9.17) is 10.4 Å². The summed E-state index contributed by atoms with van der Waals surface area (Å²) in [5.41, 5.74) is -0.269. The van der Waals surface area contributed by atoms with Crippen molar-refractivity contribution in [2.24, 2.45) is 0 Å². The van der Waals surface area contributed by atoms with Crippen molar-refractivity contribution in [1.29, 1.82) is 5.26 Å². The zero-order valence-electron chi connectivity index (χ0n) is 7.20. The maximum absolute atomic E-state index is 10.5. The standard InChI is InChI=1S/C8H10N2O2S/c1-3-4-10-7(13-2)6(5-9)8(11)12/h3,10H,1,4H2,2H3,(H,11,12). The van der Waals surface area contributed by atoms with Gasteiger partial charge >= 0.3 is 5.97 Å². The quantitative estimate of drug-likeness (QED) is 0.391. The minimum absolute atomic E-state index is 0.269. The molecule has 0 aromatic carbocycles. The van der Waals surface area contributed by atoms with Gasteiger partial charge in [0.15, 0.2) is 5.57 Å².